The maximum Gasteiger partial charge on any atom is 0.162 e. The minimum Gasteiger partial charge on any atom is -0.309 e. The summed E-state index contributed by atoms with van der Waals surface area (Å²) in [6.07, 6.45) is 13.0. The van der Waals surface area contributed by atoms with Gasteiger partial charge in [0, 0.05) is 36.8 Å². The van der Waals surface area contributed by atoms with Gasteiger partial charge in [0.05, 0.1) is 5.69 Å². The van der Waals surface area contributed by atoms with Crippen molar-refractivity contribution in [2.75, 3.05) is 33.7 Å². The van der Waals surface area contributed by atoms with Crippen molar-refractivity contribution >= 4 is 17.1 Å². The van der Waals surface area contributed by atoms with Crippen LogP contribution in [0.15, 0.2) is 53.9 Å². The second-order valence-electron chi connectivity index (χ2n) is 8.90. The van der Waals surface area contributed by atoms with Crippen LogP contribution in [0.25, 0.3) is 10.7 Å². The van der Waals surface area contributed by atoms with E-state index in [4.69, 9.17) is 0 Å². The molecule has 3 heterocycles. The number of carbonyl (C=O) groups excluding carboxylic acids is 1. The zero-order valence-corrected chi connectivity index (χ0v) is 19.4. The molecule has 1 saturated heterocycles. The molecule has 0 radical (unpaired) electrons. The predicted octanol–water partition coefficient (Wildman–Crippen LogP) is 4.58. The highest BCUT2D eigenvalue weighted by molar-refractivity contribution is 7.14. The number of likely N-dealkylation sites (tertiary alicyclic amines) is 1. The van der Waals surface area contributed by atoms with E-state index in [-0.39, 0.29) is 0 Å². The predicted molar refractivity (Wildman–Crippen MR) is 127 cm³/mol. The molecule has 0 aromatic carbocycles. The molecule has 1 aliphatic carbocycles. The Bertz CT molecular complexity index is 939. The molecule has 1 aliphatic heterocycles. The smallest absolute Gasteiger partial charge is 0.162 e. The molecule has 2 aromatic heterocycles. The summed E-state index contributed by atoms with van der Waals surface area (Å²) in [7, 11) is 4.19. The summed E-state index contributed by atoms with van der Waals surface area (Å²) in [5.41, 5.74) is 3.33. The van der Waals surface area contributed by atoms with Gasteiger partial charge >= 0.3 is 0 Å². The highest BCUT2D eigenvalue weighted by atomic mass is 32.1. The van der Waals surface area contributed by atoms with Gasteiger partial charge in [-0.05, 0) is 82.1 Å². The van der Waals surface area contributed by atoms with Crippen molar-refractivity contribution in [2.24, 2.45) is 5.92 Å². The van der Waals surface area contributed by atoms with Crippen molar-refractivity contribution in [3.63, 3.8) is 0 Å². The minimum atomic E-state index is 0.322. The first kappa shape index (κ1) is 22.1. The molecule has 5 nitrogen and oxygen atoms in total. The molecule has 0 bridgehead atoms. The number of thiazole rings is 1. The van der Waals surface area contributed by atoms with E-state index in [0.29, 0.717) is 18.1 Å². The average molecular weight is 437 g/mol. The Morgan fingerprint density at radius 1 is 1.19 bits per heavy atom. The third kappa shape index (κ3) is 6.19. The summed E-state index contributed by atoms with van der Waals surface area (Å²) in [5.74, 6) is 0.938. The summed E-state index contributed by atoms with van der Waals surface area (Å²) >= 11 is 1.74. The van der Waals surface area contributed by atoms with E-state index in [0.717, 1.165) is 68.1 Å². The largest absolute Gasteiger partial charge is 0.309 e. The summed E-state index contributed by atoms with van der Waals surface area (Å²) < 4.78 is 0. The summed E-state index contributed by atoms with van der Waals surface area (Å²) in [6.45, 7) is 4.16. The first-order valence-electron chi connectivity index (χ1n) is 11.2. The molecule has 1 fully saturated rings. The van der Waals surface area contributed by atoms with Crippen LogP contribution in [0.4, 0.5) is 0 Å². The second-order valence-corrected chi connectivity index (χ2v) is 10.0. The molecule has 31 heavy (non-hydrogen) atoms. The van der Waals surface area contributed by atoms with Crippen LogP contribution in [-0.2, 0) is 11.3 Å². The third-order valence-electron chi connectivity index (χ3n) is 6.15. The van der Waals surface area contributed by atoms with Crippen molar-refractivity contribution < 1.29 is 4.79 Å². The van der Waals surface area contributed by atoms with E-state index in [1.807, 2.05) is 30.6 Å². The average Bonchev–Trinajstić information content (AvgIpc) is 3.25. The van der Waals surface area contributed by atoms with E-state index in [1.165, 1.54) is 10.5 Å². The van der Waals surface area contributed by atoms with Gasteiger partial charge < -0.3 is 4.90 Å². The molecule has 2 aromatic rings. The fourth-order valence-corrected chi connectivity index (χ4v) is 5.22. The molecule has 0 spiro atoms. The third-order valence-corrected chi connectivity index (χ3v) is 7.15. The minimum absolute atomic E-state index is 0.322. The maximum atomic E-state index is 12.4. The molecule has 0 saturated carbocycles. The Kier molecular flexibility index (Phi) is 7.43. The zero-order chi connectivity index (χ0) is 21.6. The Balaban J connectivity index is 1.27. The Labute approximate surface area is 189 Å². The Hall–Kier alpha value is -2.15. The summed E-state index contributed by atoms with van der Waals surface area (Å²) in [5, 5.41) is 0.992. The Morgan fingerprint density at radius 2 is 2.03 bits per heavy atom. The molecule has 0 atom stereocenters. The molecule has 164 valence electrons. The van der Waals surface area contributed by atoms with Gasteiger partial charge in [0.15, 0.2) is 5.78 Å². The van der Waals surface area contributed by atoms with Crippen LogP contribution in [0.1, 0.15) is 37.0 Å². The number of pyridine rings is 1. The normalized spacial score (nSPS) is 18.4. The number of carbonyl (C=O) groups is 1. The van der Waals surface area contributed by atoms with Gasteiger partial charge in [-0.3, -0.25) is 14.7 Å². The molecular formula is C25H32N4OS. The number of rotatable bonds is 8. The number of hydrogen-bond acceptors (Lipinski definition) is 6. The van der Waals surface area contributed by atoms with Crippen LogP contribution in [0.5, 0.6) is 0 Å². The highest BCUT2D eigenvalue weighted by Crippen LogP contribution is 2.30. The SMILES string of the molecule is CN(C)CCC1=CCC(=O)C(CC2CCN(Cc3cnc(-c4ccccn4)s3)CC2)=C1. The van der Waals surface area contributed by atoms with E-state index in [2.05, 4.69) is 46.0 Å². The first-order valence-corrected chi connectivity index (χ1v) is 12.0. The zero-order valence-electron chi connectivity index (χ0n) is 18.6. The van der Waals surface area contributed by atoms with Gasteiger partial charge in [-0.2, -0.15) is 0 Å². The van der Waals surface area contributed by atoms with Crippen molar-refractivity contribution in [1.82, 2.24) is 19.8 Å². The van der Waals surface area contributed by atoms with Crippen LogP contribution < -0.4 is 0 Å². The lowest BCUT2D eigenvalue weighted by atomic mass is 9.85. The second kappa shape index (κ2) is 10.4. The molecule has 4 rings (SSSR count). The number of hydrogen-bond donors (Lipinski definition) is 0. The summed E-state index contributed by atoms with van der Waals surface area (Å²) in [4.78, 5) is 27.4. The van der Waals surface area contributed by atoms with Gasteiger partial charge in [0.2, 0.25) is 0 Å². The standard InChI is InChI=1S/C25H32N4OS/c1-28(2)12-8-19-6-7-24(30)21(15-19)16-20-9-13-29(14-10-20)18-22-17-27-25(31-22)23-5-3-4-11-26-23/h3-6,11,15,17,20H,7-10,12-14,16,18H2,1-2H3. The monoisotopic (exact) mass is 436 g/mol. The lowest BCUT2D eigenvalue weighted by Gasteiger charge is -2.32. The number of piperidine rings is 1. The van der Waals surface area contributed by atoms with Gasteiger partial charge in [-0.15, -0.1) is 11.3 Å². The fraction of sp³-hybridized carbons (Fsp3) is 0.480. The number of aromatic nitrogens is 2. The van der Waals surface area contributed by atoms with Crippen molar-refractivity contribution in [3.05, 3.63) is 58.8 Å². The molecule has 2 aliphatic rings. The van der Waals surface area contributed by atoms with Crippen LogP contribution in [0, 0.1) is 5.92 Å². The summed E-state index contributed by atoms with van der Waals surface area (Å²) in [6, 6.07) is 5.94. The van der Waals surface area contributed by atoms with Crippen molar-refractivity contribution in [2.45, 2.75) is 38.6 Å². The van der Waals surface area contributed by atoms with Crippen LogP contribution in [0.2, 0.25) is 0 Å². The van der Waals surface area contributed by atoms with E-state index < -0.39 is 0 Å². The fourth-order valence-electron chi connectivity index (χ4n) is 4.29. The van der Waals surface area contributed by atoms with Gasteiger partial charge in [-0.25, -0.2) is 4.98 Å². The molecule has 0 N–H and O–H groups in total. The van der Waals surface area contributed by atoms with Gasteiger partial charge in [0.1, 0.15) is 5.01 Å². The van der Waals surface area contributed by atoms with Crippen LogP contribution in [0.3, 0.4) is 0 Å². The number of allylic oxidation sites excluding steroid dienone is 3. The number of ketones is 1. The van der Waals surface area contributed by atoms with E-state index in [9.17, 15) is 4.79 Å². The van der Waals surface area contributed by atoms with Crippen LogP contribution >= 0.6 is 11.3 Å². The Morgan fingerprint density at radius 3 is 2.77 bits per heavy atom. The van der Waals surface area contributed by atoms with E-state index in [1.54, 1.807) is 11.3 Å². The van der Waals surface area contributed by atoms with E-state index >= 15 is 0 Å². The van der Waals surface area contributed by atoms with Crippen molar-refractivity contribution in [3.8, 4) is 10.7 Å². The molecule has 0 amide bonds. The molecule has 6 heteroatoms. The lowest BCUT2D eigenvalue weighted by molar-refractivity contribution is -0.115. The quantitative estimate of drug-likeness (QED) is 0.606. The van der Waals surface area contributed by atoms with Gasteiger partial charge in [-0.1, -0.05) is 18.2 Å². The first-order chi connectivity index (χ1) is 15.1. The topological polar surface area (TPSA) is 49.3 Å². The molecular weight excluding hydrogens is 404 g/mol. The van der Waals surface area contributed by atoms with Crippen LogP contribution in [-0.4, -0.2) is 59.3 Å². The molecule has 0 unspecified atom stereocenters. The van der Waals surface area contributed by atoms with Gasteiger partial charge in [0.25, 0.3) is 0 Å². The maximum absolute atomic E-state index is 12.4. The van der Waals surface area contributed by atoms with Crippen molar-refractivity contribution in [1.29, 1.82) is 0 Å². The number of Topliss-reactive ketones (excluding diaryl/α,β-unsaturated/α-hetero) is 1. The number of nitrogens with zero attached hydrogens (tertiary/aromatic N) is 4. The lowest BCUT2D eigenvalue weighted by Crippen LogP contribution is -2.33. The highest BCUT2D eigenvalue weighted by Gasteiger charge is 2.24.